The average Bonchev–Trinajstić information content (AvgIpc) is 2.85. The Morgan fingerprint density at radius 3 is 2.39 bits per heavy atom. The summed E-state index contributed by atoms with van der Waals surface area (Å²) in [5.74, 6) is 2.40. The molecule has 8 nitrogen and oxygen atoms in total. The van der Waals surface area contributed by atoms with Gasteiger partial charge in [-0.3, -0.25) is 9.69 Å². The number of methoxy groups -OCH3 is 2. The van der Waals surface area contributed by atoms with Gasteiger partial charge in [0, 0.05) is 38.8 Å². The van der Waals surface area contributed by atoms with Gasteiger partial charge in [-0.15, -0.1) is 0 Å². The zero-order chi connectivity index (χ0) is 23.0. The predicted octanol–water partition coefficient (Wildman–Crippen LogP) is 3.00. The van der Waals surface area contributed by atoms with Crippen molar-refractivity contribution in [2.24, 2.45) is 0 Å². The molecule has 1 aliphatic rings. The van der Waals surface area contributed by atoms with Crippen molar-refractivity contribution in [2.75, 3.05) is 50.6 Å². The first-order valence-corrected chi connectivity index (χ1v) is 11.0. The van der Waals surface area contributed by atoms with Crippen LogP contribution in [0.15, 0.2) is 60.9 Å². The minimum atomic E-state index is -0.153. The lowest BCUT2D eigenvalue weighted by Gasteiger charge is -2.35. The minimum absolute atomic E-state index is 0.153. The molecule has 172 valence electrons. The van der Waals surface area contributed by atoms with E-state index in [0.29, 0.717) is 17.3 Å². The zero-order valence-electron chi connectivity index (χ0n) is 19.0. The number of hydrogen-bond donors (Lipinski definition) is 1. The Kier molecular flexibility index (Phi) is 7.36. The van der Waals surface area contributed by atoms with Crippen molar-refractivity contribution in [3.8, 4) is 11.5 Å². The Balaban J connectivity index is 1.32. The van der Waals surface area contributed by atoms with E-state index in [1.165, 1.54) is 11.9 Å². The molecule has 0 unspecified atom stereocenters. The summed E-state index contributed by atoms with van der Waals surface area (Å²) in [7, 11) is 3.16. The molecule has 1 aliphatic heterocycles. The largest absolute Gasteiger partial charge is 0.493 e. The number of aromatic nitrogens is 2. The summed E-state index contributed by atoms with van der Waals surface area (Å²) in [5, 5.41) is 2.88. The molecule has 1 aromatic heterocycles. The minimum Gasteiger partial charge on any atom is -0.493 e. The molecule has 1 amide bonds. The standard InChI is InChI=1S/C25H29N5O3/c1-32-21-9-8-20(14-22(21)33-2)15-25(31)28-23-16-24(27-18-26-23)30-12-10-29(11-13-30)17-19-6-4-3-5-7-19/h3-9,14,16,18H,10-13,15,17H2,1-2H3,(H,26,27,28,31). The van der Waals surface area contributed by atoms with Gasteiger partial charge >= 0.3 is 0 Å². The number of hydrogen-bond acceptors (Lipinski definition) is 7. The molecule has 1 N–H and O–H groups in total. The van der Waals surface area contributed by atoms with Crippen LogP contribution in [0.2, 0.25) is 0 Å². The van der Waals surface area contributed by atoms with E-state index in [2.05, 4.69) is 49.4 Å². The molecule has 1 fully saturated rings. The molecule has 0 atom stereocenters. The van der Waals surface area contributed by atoms with Crippen molar-refractivity contribution in [3.05, 3.63) is 72.1 Å². The third-order valence-electron chi connectivity index (χ3n) is 5.68. The van der Waals surface area contributed by atoms with Crippen molar-refractivity contribution in [3.63, 3.8) is 0 Å². The van der Waals surface area contributed by atoms with Crippen LogP contribution in [0.1, 0.15) is 11.1 Å². The Hall–Kier alpha value is -3.65. The van der Waals surface area contributed by atoms with Crippen LogP contribution < -0.4 is 19.7 Å². The van der Waals surface area contributed by atoms with Crippen molar-refractivity contribution in [1.29, 1.82) is 0 Å². The number of anilines is 2. The van der Waals surface area contributed by atoms with Gasteiger partial charge in [-0.05, 0) is 23.3 Å². The van der Waals surface area contributed by atoms with E-state index in [4.69, 9.17) is 9.47 Å². The van der Waals surface area contributed by atoms with Crippen LogP contribution in [0.3, 0.4) is 0 Å². The fourth-order valence-electron chi connectivity index (χ4n) is 3.93. The van der Waals surface area contributed by atoms with Gasteiger partial charge in [-0.25, -0.2) is 9.97 Å². The van der Waals surface area contributed by atoms with Crippen molar-refractivity contribution < 1.29 is 14.3 Å². The number of piperazine rings is 1. The van der Waals surface area contributed by atoms with E-state index in [0.717, 1.165) is 44.1 Å². The van der Waals surface area contributed by atoms with Crippen LogP contribution in [0.5, 0.6) is 11.5 Å². The van der Waals surface area contributed by atoms with Gasteiger partial charge in [0.05, 0.1) is 20.6 Å². The summed E-state index contributed by atoms with van der Waals surface area (Å²) in [4.78, 5) is 25.9. The molecular formula is C25H29N5O3. The molecule has 0 radical (unpaired) electrons. The maximum atomic E-state index is 12.6. The van der Waals surface area contributed by atoms with Gasteiger partial charge < -0.3 is 19.7 Å². The highest BCUT2D eigenvalue weighted by Crippen LogP contribution is 2.27. The summed E-state index contributed by atoms with van der Waals surface area (Å²) in [6, 6.07) is 17.8. The topological polar surface area (TPSA) is 79.8 Å². The van der Waals surface area contributed by atoms with E-state index < -0.39 is 0 Å². The summed E-state index contributed by atoms with van der Waals surface area (Å²) in [6.07, 6.45) is 1.70. The fourth-order valence-corrected chi connectivity index (χ4v) is 3.93. The number of carbonyl (C=O) groups excluding carboxylic acids is 1. The summed E-state index contributed by atoms with van der Waals surface area (Å²) in [5.41, 5.74) is 2.15. The molecule has 3 aromatic rings. The number of nitrogens with one attached hydrogen (secondary N) is 1. The first kappa shape index (κ1) is 22.5. The number of rotatable bonds is 8. The fraction of sp³-hybridized carbons (Fsp3) is 0.320. The smallest absolute Gasteiger partial charge is 0.229 e. The molecule has 8 heteroatoms. The predicted molar refractivity (Wildman–Crippen MR) is 128 cm³/mol. The molecule has 4 rings (SSSR count). The monoisotopic (exact) mass is 447 g/mol. The Labute approximate surface area is 194 Å². The number of nitrogens with zero attached hydrogens (tertiary/aromatic N) is 4. The van der Waals surface area contributed by atoms with Gasteiger partial charge in [0.15, 0.2) is 11.5 Å². The Morgan fingerprint density at radius 2 is 1.67 bits per heavy atom. The SMILES string of the molecule is COc1ccc(CC(=O)Nc2cc(N3CCN(Cc4ccccc4)CC3)ncn2)cc1OC. The van der Waals surface area contributed by atoms with Crippen molar-refractivity contribution in [2.45, 2.75) is 13.0 Å². The van der Waals surface area contributed by atoms with Gasteiger partial charge in [-0.2, -0.15) is 0 Å². The lowest BCUT2D eigenvalue weighted by atomic mass is 10.1. The number of amides is 1. The van der Waals surface area contributed by atoms with Crippen molar-refractivity contribution in [1.82, 2.24) is 14.9 Å². The van der Waals surface area contributed by atoms with E-state index in [-0.39, 0.29) is 12.3 Å². The third-order valence-corrected chi connectivity index (χ3v) is 5.68. The Bertz CT molecular complexity index is 1070. The first-order chi connectivity index (χ1) is 16.1. The van der Waals surface area contributed by atoms with Crippen LogP contribution in [-0.2, 0) is 17.8 Å². The van der Waals surface area contributed by atoms with Gasteiger partial charge in [0.1, 0.15) is 18.0 Å². The number of carbonyl (C=O) groups is 1. The molecule has 0 saturated carbocycles. The van der Waals surface area contributed by atoms with Crippen molar-refractivity contribution >= 4 is 17.5 Å². The number of benzene rings is 2. The molecular weight excluding hydrogens is 418 g/mol. The summed E-state index contributed by atoms with van der Waals surface area (Å²) < 4.78 is 10.6. The highest BCUT2D eigenvalue weighted by atomic mass is 16.5. The van der Waals surface area contributed by atoms with E-state index in [1.54, 1.807) is 26.4 Å². The van der Waals surface area contributed by atoms with Crippen LogP contribution >= 0.6 is 0 Å². The highest BCUT2D eigenvalue weighted by molar-refractivity contribution is 5.91. The lowest BCUT2D eigenvalue weighted by Crippen LogP contribution is -2.46. The third kappa shape index (κ3) is 5.98. The maximum Gasteiger partial charge on any atom is 0.229 e. The molecule has 2 heterocycles. The van der Waals surface area contributed by atoms with E-state index >= 15 is 0 Å². The second-order valence-corrected chi connectivity index (χ2v) is 7.92. The molecule has 0 spiro atoms. The number of ether oxygens (including phenoxy) is 2. The van der Waals surface area contributed by atoms with E-state index in [9.17, 15) is 4.79 Å². The van der Waals surface area contributed by atoms with Gasteiger partial charge in [0.2, 0.25) is 5.91 Å². The quantitative estimate of drug-likeness (QED) is 0.569. The van der Waals surface area contributed by atoms with Crippen LogP contribution in [-0.4, -0.2) is 61.2 Å². The van der Waals surface area contributed by atoms with Gasteiger partial charge in [0.25, 0.3) is 0 Å². The normalized spacial score (nSPS) is 14.1. The van der Waals surface area contributed by atoms with Crippen LogP contribution in [0.25, 0.3) is 0 Å². The second-order valence-electron chi connectivity index (χ2n) is 7.92. The summed E-state index contributed by atoms with van der Waals surface area (Å²) in [6.45, 7) is 4.63. The second kappa shape index (κ2) is 10.8. The van der Waals surface area contributed by atoms with Crippen LogP contribution in [0, 0.1) is 0 Å². The maximum absolute atomic E-state index is 12.6. The summed E-state index contributed by atoms with van der Waals surface area (Å²) >= 11 is 0. The molecule has 0 aliphatic carbocycles. The first-order valence-electron chi connectivity index (χ1n) is 11.0. The average molecular weight is 448 g/mol. The van der Waals surface area contributed by atoms with E-state index in [1.807, 2.05) is 18.2 Å². The molecule has 33 heavy (non-hydrogen) atoms. The lowest BCUT2D eigenvalue weighted by molar-refractivity contribution is -0.115. The van der Waals surface area contributed by atoms with Crippen LogP contribution in [0.4, 0.5) is 11.6 Å². The van der Waals surface area contributed by atoms with Gasteiger partial charge in [-0.1, -0.05) is 36.4 Å². The highest BCUT2D eigenvalue weighted by Gasteiger charge is 2.19. The molecule has 0 bridgehead atoms. The zero-order valence-corrected chi connectivity index (χ0v) is 19.0. The molecule has 1 saturated heterocycles. The Morgan fingerprint density at radius 1 is 0.909 bits per heavy atom. The molecule has 2 aromatic carbocycles.